The number of hydrogen-bond acceptors (Lipinski definition) is 6. The van der Waals surface area contributed by atoms with Gasteiger partial charge in [0, 0.05) is 0 Å². The Morgan fingerprint density at radius 2 is 1.03 bits per heavy atom. The minimum absolute atomic E-state index is 0.154. The van der Waals surface area contributed by atoms with E-state index in [0.717, 1.165) is 0 Å². The lowest BCUT2D eigenvalue weighted by Crippen LogP contribution is -2.64. The van der Waals surface area contributed by atoms with Crippen LogP contribution in [0.25, 0.3) is 0 Å². The van der Waals surface area contributed by atoms with Crippen molar-refractivity contribution in [3.63, 3.8) is 0 Å². The predicted octanol–water partition coefficient (Wildman–Crippen LogP) is 1.53. The zero-order valence-corrected chi connectivity index (χ0v) is 18.3. The molecule has 170 valence electrons. The highest BCUT2D eigenvalue weighted by Gasteiger charge is 2.53. The maximum atomic E-state index is 11.9. The normalized spacial score (nSPS) is 20.4. The number of amides is 8. The molecule has 2 heterocycles. The van der Waals surface area contributed by atoms with Crippen LogP contribution < -0.4 is 21.3 Å². The van der Waals surface area contributed by atoms with Gasteiger partial charge in [-0.2, -0.15) is 0 Å². The molecule has 0 aromatic rings. The van der Waals surface area contributed by atoms with E-state index < -0.39 is 46.5 Å². The largest absolute Gasteiger partial charge is 0.328 e. The van der Waals surface area contributed by atoms with E-state index in [1.807, 2.05) is 13.8 Å². The average molecular weight is 434 g/mol. The minimum Gasteiger partial charge on any atom is -0.277 e. The second kappa shape index (κ2) is 10.1. The van der Waals surface area contributed by atoms with Crippen LogP contribution in [0.15, 0.2) is 25.3 Å². The van der Waals surface area contributed by atoms with Gasteiger partial charge in [0.2, 0.25) is 23.6 Å². The van der Waals surface area contributed by atoms with E-state index in [0.29, 0.717) is 6.42 Å². The molecule has 10 heteroatoms. The molecule has 2 fully saturated rings. The van der Waals surface area contributed by atoms with Crippen molar-refractivity contribution in [1.82, 2.24) is 21.3 Å². The Morgan fingerprint density at radius 3 is 1.32 bits per heavy atom. The number of nitrogens with one attached hydrogen (secondary N) is 4. The van der Waals surface area contributed by atoms with Crippen molar-refractivity contribution in [3.8, 4) is 0 Å². The number of urea groups is 2. The van der Waals surface area contributed by atoms with Gasteiger partial charge in [-0.1, -0.05) is 46.3 Å². The molecule has 2 aliphatic rings. The lowest BCUT2D eigenvalue weighted by Gasteiger charge is -2.37. The van der Waals surface area contributed by atoms with Crippen LogP contribution in [0.1, 0.15) is 47.0 Å². The van der Waals surface area contributed by atoms with Crippen LogP contribution in [-0.4, -0.2) is 35.7 Å². The molecule has 0 spiro atoms. The van der Waals surface area contributed by atoms with Crippen LogP contribution in [0.5, 0.6) is 0 Å². The SMILES string of the molecule is C=CCC1(C(C)C)C(=O)NC(=O)NC1=O.C=CCC1(C(C)CC)C(=O)NC(=O)NC1=O. The second-order valence-electron chi connectivity index (χ2n) is 7.87. The number of rotatable bonds is 7. The van der Waals surface area contributed by atoms with Gasteiger partial charge in [0.1, 0.15) is 10.8 Å². The molecule has 0 aromatic heterocycles. The molecule has 4 N–H and O–H groups in total. The van der Waals surface area contributed by atoms with E-state index in [1.165, 1.54) is 12.2 Å². The van der Waals surface area contributed by atoms with E-state index in [-0.39, 0.29) is 24.7 Å². The van der Waals surface area contributed by atoms with Crippen LogP contribution >= 0.6 is 0 Å². The van der Waals surface area contributed by atoms with E-state index in [1.54, 1.807) is 13.8 Å². The smallest absolute Gasteiger partial charge is 0.277 e. The van der Waals surface area contributed by atoms with E-state index in [2.05, 4.69) is 34.4 Å². The number of imide groups is 4. The Morgan fingerprint density at radius 1 is 0.710 bits per heavy atom. The summed E-state index contributed by atoms with van der Waals surface area (Å²) in [5.41, 5.74) is -2.42. The topological polar surface area (TPSA) is 151 Å². The highest BCUT2D eigenvalue weighted by molar-refractivity contribution is 6.20. The monoisotopic (exact) mass is 434 g/mol. The molecule has 8 amide bonds. The summed E-state index contributed by atoms with van der Waals surface area (Å²) in [5, 5.41) is 8.50. The molecule has 0 aromatic carbocycles. The first-order valence-electron chi connectivity index (χ1n) is 9.99. The Hall–Kier alpha value is -3.30. The van der Waals surface area contributed by atoms with E-state index in [9.17, 15) is 28.8 Å². The fourth-order valence-electron chi connectivity index (χ4n) is 3.71. The molecule has 31 heavy (non-hydrogen) atoms. The van der Waals surface area contributed by atoms with Crippen molar-refractivity contribution in [2.24, 2.45) is 22.7 Å². The Bertz CT molecular complexity index is 777. The molecular weight excluding hydrogens is 404 g/mol. The number of hydrogen-bond donors (Lipinski definition) is 4. The zero-order chi connectivity index (χ0) is 24.0. The van der Waals surface area contributed by atoms with Gasteiger partial charge in [-0.3, -0.25) is 40.4 Å². The molecule has 0 aliphatic carbocycles. The standard InChI is InChI=1S/C11H16N2O3.C10H14N2O3/c1-4-6-11(7(3)5-2)8(14)12-10(16)13-9(11)15;1-4-5-10(6(2)3)7(13)11-9(15)12-8(10)14/h4,7H,1,5-6H2,2-3H3,(H2,12,13,14,15,16);4,6H,1,5H2,2-3H3,(H2,11,12,13,14,15). The maximum Gasteiger partial charge on any atom is 0.328 e. The van der Waals surface area contributed by atoms with E-state index in [4.69, 9.17) is 0 Å². The molecule has 1 atom stereocenters. The molecule has 0 bridgehead atoms. The number of barbiturate groups is 2. The molecule has 2 saturated heterocycles. The Labute approximate surface area is 181 Å². The third kappa shape index (κ3) is 4.73. The van der Waals surface area contributed by atoms with Gasteiger partial charge in [-0.15, -0.1) is 13.2 Å². The fourth-order valence-corrected chi connectivity index (χ4v) is 3.71. The third-order valence-corrected chi connectivity index (χ3v) is 5.90. The summed E-state index contributed by atoms with van der Waals surface area (Å²) in [6.07, 6.45) is 4.15. The first-order valence-corrected chi connectivity index (χ1v) is 9.99. The average Bonchev–Trinajstić information content (AvgIpc) is 2.67. The molecule has 2 aliphatic heterocycles. The summed E-state index contributed by atoms with van der Waals surface area (Å²) >= 11 is 0. The maximum absolute atomic E-state index is 11.9. The van der Waals surface area contributed by atoms with Gasteiger partial charge in [0.15, 0.2) is 0 Å². The molecule has 0 radical (unpaired) electrons. The first kappa shape index (κ1) is 25.7. The summed E-state index contributed by atoms with van der Waals surface area (Å²) < 4.78 is 0. The molecule has 2 rings (SSSR count). The summed E-state index contributed by atoms with van der Waals surface area (Å²) in [7, 11) is 0. The minimum atomic E-state index is -1.21. The van der Waals surface area contributed by atoms with Crippen molar-refractivity contribution >= 4 is 35.7 Å². The van der Waals surface area contributed by atoms with Crippen LogP contribution in [0.4, 0.5) is 9.59 Å². The number of carbonyl (C=O) groups is 6. The summed E-state index contributed by atoms with van der Waals surface area (Å²) in [5.74, 6) is -2.52. The van der Waals surface area contributed by atoms with Crippen molar-refractivity contribution in [1.29, 1.82) is 0 Å². The quantitative estimate of drug-likeness (QED) is 0.352. The molecule has 0 saturated carbocycles. The molecule has 1 unspecified atom stereocenters. The van der Waals surface area contributed by atoms with Gasteiger partial charge in [0.25, 0.3) is 0 Å². The van der Waals surface area contributed by atoms with Gasteiger partial charge >= 0.3 is 12.1 Å². The lowest BCUT2D eigenvalue weighted by atomic mass is 9.70. The summed E-state index contributed by atoms with van der Waals surface area (Å²) in [4.78, 5) is 69.1. The van der Waals surface area contributed by atoms with Gasteiger partial charge in [0.05, 0.1) is 0 Å². The van der Waals surface area contributed by atoms with Crippen LogP contribution in [0, 0.1) is 22.7 Å². The highest BCUT2D eigenvalue weighted by Crippen LogP contribution is 2.36. The van der Waals surface area contributed by atoms with Crippen molar-refractivity contribution in [2.75, 3.05) is 0 Å². The Kier molecular flexibility index (Phi) is 8.42. The highest BCUT2D eigenvalue weighted by atomic mass is 16.2. The van der Waals surface area contributed by atoms with Crippen LogP contribution in [-0.2, 0) is 19.2 Å². The summed E-state index contributed by atoms with van der Waals surface area (Å²) in [6, 6.07) is -1.51. The first-order chi connectivity index (χ1) is 14.4. The van der Waals surface area contributed by atoms with Gasteiger partial charge < -0.3 is 0 Å². The van der Waals surface area contributed by atoms with Crippen molar-refractivity contribution in [2.45, 2.75) is 47.0 Å². The number of allylic oxidation sites excluding steroid dienone is 2. The third-order valence-electron chi connectivity index (χ3n) is 5.90. The number of carbonyl (C=O) groups excluding carboxylic acids is 6. The van der Waals surface area contributed by atoms with Crippen LogP contribution in [0.3, 0.4) is 0 Å². The summed E-state index contributed by atoms with van der Waals surface area (Å²) in [6.45, 7) is 14.3. The zero-order valence-electron chi connectivity index (χ0n) is 18.3. The van der Waals surface area contributed by atoms with Gasteiger partial charge in [-0.05, 0) is 24.7 Å². The fraction of sp³-hybridized carbons (Fsp3) is 0.524. The van der Waals surface area contributed by atoms with Crippen LogP contribution in [0.2, 0.25) is 0 Å². The molecular formula is C21H30N4O6. The second-order valence-corrected chi connectivity index (χ2v) is 7.87. The Balaban J connectivity index is 0.000000311. The van der Waals surface area contributed by atoms with Crippen molar-refractivity contribution in [3.05, 3.63) is 25.3 Å². The lowest BCUT2D eigenvalue weighted by molar-refractivity contribution is -0.149. The van der Waals surface area contributed by atoms with Gasteiger partial charge in [-0.25, -0.2) is 9.59 Å². The molecule has 10 nitrogen and oxygen atoms in total. The van der Waals surface area contributed by atoms with E-state index >= 15 is 0 Å². The van der Waals surface area contributed by atoms with Crippen molar-refractivity contribution < 1.29 is 28.8 Å². The predicted molar refractivity (Wildman–Crippen MR) is 112 cm³/mol.